The van der Waals surface area contributed by atoms with E-state index in [-0.39, 0.29) is 17.5 Å². The number of amides is 1. The van der Waals surface area contributed by atoms with Crippen LogP contribution in [0.15, 0.2) is 41.6 Å². The van der Waals surface area contributed by atoms with Crippen molar-refractivity contribution in [1.29, 1.82) is 0 Å². The number of anilines is 2. The molecule has 9 heteroatoms. The third kappa shape index (κ3) is 4.20. The molecule has 3 N–H and O–H groups in total. The van der Waals surface area contributed by atoms with Crippen LogP contribution in [0.2, 0.25) is 0 Å². The molecule has 3 rings (SSSR count). The monoisotopic (exact) mass is 383 g/mol. The molecule has 1 saturated heterocycles. The SMILES string of the molecule is CNCC=CC(=O)N1CC(N(C)c2cc(-c3cncc(NC)n3)c[nH]c2=O)C1. The second-order valence-corrected chi connectivity index (χ2v) is 6.61. The predicted octanol–water partition coefficient (Wildman–Crippen LogP) is 0.296. The average molecular weight is 383 g/mol. The zero-order valence-corrected chi connectivity index (χ0v) is 16.3. The minimum Gasteiger partial charge on any atom is -0.372 e. The molecule has 9 nitrogen and oxygen atoms in total. The van der Waals surface area contributed by atoms with Crippen LogP contribution in [0.4, 0.5) is 11.5 Å². The molecule has 28 heavy (non-hydrogen) atoms. The highest BCUT2D eigenvalue weighted by atomic mass is 16.2. The Bertz CT molecular complexity index is 918. The first kappa shape index (κ1) is 19.6. The van der Waals surface area contributed by atoms with Gasteiger partial charge in [0.15, 0.2) is 0 Å². The third-order valence-electron chi connectivity index (χ3n) is 4.75. The molecule has 1 aliphatic heterocycles. The van der Waals surface area contributed by atoms with Gasteiger partial charge in [0.05, 0.1) is 24.1 Å². The number of hydrogen-bond acceptors (Lipinski definition) is 7. The number of H-pyrrole nitrogens is 1. The van der Waals surface area contributed by atoms with Crippen molar-refractivity contribution in [3.05, 3.63) is 47.2 Å². The number of carbonyl (C=O) groups excluding carboxylic acids is 1. The fourth-order valence-electron chi connectivity index (χ4n) is 2.97. The largest absolute Gasteiger partial charge is 0.372 e. The maximum absolute atomic E-state index is 12.4. The fourth-order valence-corrected chi connectivity index (χ4v) is 2.97. The third-order valence-corrected chi connectivity index (χ3v) is 4.75. The van der Waals surface area contributed by atoms with Crippen LogP contribution in [0.1, 0.15) is 0 Å². The van der Waals surface area contributed by atoms with Crippen LogP contribution in [0.25, 0.3) is 11.3 Å². The first-order valence-corrected chi connectivity index (χ1v) is 9.09. The maximum atomic E-state index is 12.4. The molecule has 0 unspecified atom stereocenters. The van der Waals surface area contributed by atoms with E-state index in [0.29, 0.717) is 36.8 Å². The van der Waals surface area contributed by atoms with Gasteiger partial charge in [0.2, 0.25) is 5.91 Å². The summed E-state index contributed by atoms with van der Waals surface area (Å²) in [5.41, 5.74) is 1.80. The summed E-state index contributed by atoms with van der Waals surface area (Å²) in [6.45, 7) is 1.82. The fraction of sp³-hybridized carbons (Fsp3) is 0.368. The van der Waals surface area contributed by atoms with Crippen molar-refractivity contribution in [3.63, 3.8) is 0 Å². The van der Waals surface area contributed by atoms with Crippen LogP contribution >= 0.6 is 0 Å². The van der Waals surface area contributed by atoms with Gasteiger partial charge in [0.25, 0.3) is 5.56 Å². The van der Waals surface area contributed by atoms with Crippen LogP contribution in [-0.2, 0) is 4.79 Å². The smallest absolute Gasteiger partial charge is 0.271 e. The van der Waals surface area contributed by atoms with E-state index < -0.39 is 0 Å². The summed E-state index contributed by atoms with van der Waals surface area (Å²) in [5.74, 6) is 0.639. The standard InChI is InChI=1S/C19H25N7O2/c1-20-6-4-5-18(27)26-11-14(12-26)25(3)16-7-13(8-23-19(16)28)15-9-22-10-17(21-2)24-15/h4-5,7-10,14,20H,6,11-12H2,1-3H3,(H,21,24)(H,23,28). The number of likely N-dealkylation sites (N-methyl/N-ethyl adjacent to an activating group) is 2. The van der Waals surface area contributed by atoms with E-state index in [4.69, 9.17) is 0 Å². The molecule has 3 heterocycles. The second kappa shape index (κ2) is 8.66. The second-order valence-electron chi connectivity index (χ2n) is 6.61. The molecular weight excluding hydrogens is 358 g/mol. The van der Waals surface area contributed by atoms with Gasteiger partial charge in [-0.2, -0.15) is 0 Å². The summed E-state index contributed by atoms with van der Waals surface area (Å²) < 4.78 is 0. The van der Waals surface area contributed by atoms with Crippen molar-refractivity contribution < 1.29 is 4.79 Å². The summed E-state index contributed by atoms with van der Waals surface area (Å²) in [6, 6.07) is 1.90. The van der Waals surface area contributed by atoms with Crippen molar-refractivity contribution in [2.45, 2.75) is 6.04 Å². The zero-order chi connectivity index (χ0) is 20.1. The van der Waals surface area contributed by atoms with Crippen LogP contribution < -0.4 is 21.1 Å². The van der Waals surface area contributed by atoms with E-state index in [0.717, 1.165) is 5.56 Å². The van der Waals surface area contributed by atoms with Crippen LogP contribution in [-0.4, -0.2) is 72.6 Å². The number of hydrogen-bond donors (Lipinski definition) is 3. The number of carbonyl (C=O) groups is 1. The van der Waals surface area contributed by atoms with Gasteiger partial charge < -0.3 is 25.4 Å². The lowest BCUT2D eigenvalue weighted by Crippen LogP contribution is -2.60. The Morgan fingerprint density at radius 1 is 1.39 bits per heavy atom. The molecule has 1 fully saturated rings. The lowest BCUT2D eigenvalue weighted by atomic mass is 10.1. The van der Waals surface area contributed by atoms with Crippen molar-refractivity contribution in [2.75, 3.05) is 51.0 Å². The highest BCUT2D eigenvalue weighted by Gasteiger charge is 2.33. The van der Waals surface area contributed by atoms with Gasteiger partial charge in [-0.1, -0.05) is 6.08 Å². The number of nitrogens with zero attached hydrogens (tertiary/aromatic N) is 4. The van der Waals surface area contributed by atoms with Gasteiger partial charge in [-0.3, -0.25) is 14.6 Å². The van der Waals surface area contributed by atoms with Gasteiger partial charge in [0.1, 0.15) is 11.5 Å². The first-order valence-electron chi connectivity index (χ1n) is 9.09. The molecule has 0 aromatic carbocycles. The van der Waals surface area contributed by atoms with Gasteiger partial charge in [-0.15, -0.1) is 0 Å². The van der Waals surface area contributed by atoms with Crippen LogP contribution in [0.3, 0.4) is 0 Å². The normalized spacial score (nSPS) is 14.2. The van der Waals surface area contributed by atoms with E-state index in [1.165, 1.54) is 0 Å². The van der Waals surface area contributed by atoms with Gasteiger partial charge in [0, 0.05) is 51.6 Å². The molecule has 1 amide bonds. The van der Waals surface area contributed by atoms with E-state index in [9.17, 15) is 9.59 Å². The van der Waals surface area contributed by atoms with Gasteiger partial charge in [-0.05, 0) is 13.1 Å². The average Bonchev–Trinajstić information content (AvgIpc) is 2.67. The molecule has 0 spiro atoms. The number of nitrogens with one attached hydrogen (secondary N) is 3. The minimum absolute atomic E-state index is 0.0123. The van der Waals surface area contributed by atoms with Crippen molar-refractivity contribution in [2.24, 2.45) is 0 Å². The molecule has 0 saturated carbocycles. The Labute approximate surface area is 163 Å². The minimum atomic E-state index is -0.178. The Kier molecular flexibility index (Phi) is 6.05. The highest BCUT2D eigenvalue weighted by molar-refractivity contribution is 5.88. The molecule has 2 aromatic heterocycles. The Morgan fingerprint density at radius 3 is 2.89 bits per heavy atom. The first-order chi connectivity index (χ1) is 13.5. The van der Waals surface area contributed by atoms with Gasteiger partial charge in [-0.25, -0.2) is 4.98 Å². The number of aromatic amines is 1. The van der Waals surface area contributed by atoms with Crippen LogP contribution in [0.5, 0.6) is 0 Å². The summed E-state index contributed by atoms with van der Waals surface area (Å²) in [7, 11) is 5.47. The number of aromatic nitrogens is 3. The number of pyridine rings is 1. The van der Waals surface area contributed by atoms with Crippen molar-refractivity contribution in [3.8, 4) is 11.3 Å². The summed E-state index contributed by atoms with van der Waals surface area (Å²) in [6.07, 6.45) is 8.29. The van der Waals surface area contributed by atoms with Gasteiger partial charge >= 0.3 is 0 Å². The molecule has 1 aliphatic rings. The molecule has 0 radical (unpaired) electrons. The molecule has 0 aliphatic carbocycles. The van der Waals surface area contributed by atoms with Crippen molar-refractivity contribution in [1.82, 2.24) is 25.2 Å². The highest BCUT2D eigenvalue weighted by Crippen LogP contribution is 2.23. The maximum Gasteiger partial charge on any atom is 0.271 e. The quantitative estimate of drug-likeness (QED) is 0.590. The van der Waals surface area contributed by atoms with E-state index >= 15 is 0 Å². The summed E-state index contributed by atoms with van der Waals surface area (Å²) in [4.78, 5) is 39.5. The van der Waals surface area contributed by atoms with E-state index in [2.05, 4.69) is 25.6 Å². The molecule has 2 aromatic rings. The molecular formula is C19H25N7O2. The lowest BCUT2D eigenvalue weighted by Gasteiger charge is -2.44. The molecule has 0 bridgehead atoms. The molecule has 148 valence electrons. The summed E-state index contributed by atoms with van der Waals surface area (Å²) >= 11 is 0. The summed E-state index contributed by atoms with van der Waals surface area (Å²) in [5, 5.41) is 5.91. The number of rotatable bonds is 7. The van der Waals surface area contributed by atoms with E-state index in [1.807, 2.05) is 19.0 Å². The predicted molar refractivity (Wildman–Crippen MR) is 109 cm³/mol. The van der Waals surface area contributed by atoms with Crippen LogP contribution in [0, 0.1) is 0 Å². The Hall–Kier alpha value is -3.20. The Balaban J connectivity index is 1.72. The van der Waals surface area contributed by atoms with Crippen molar-refractivity contribution >= 4 is 17.4 Å². The molecule has 0 atom stereocenters. The topological polar surface area (TPSA) is 106 Å². The Morgan fingerprint density at radius 2 is 2.18 bits per heavy atom. The lowest BCUT2D eigenvalue weighted by molar-refractivity contribution is -0.130. The number of likely N-dealkylation sites (tertiary alicyclic amines) is 1. The van der Waals surface area contributed by atoms with E-state index in [1.54, 1.807) is 48.8 Å². The zero-order valence-electron chi connectivity index (χ0n) is 16.3.